The molecule has 2 aromatic heterocycles. The van der Waals surface area contributed by atoms with Gasteiger partial charge in [0.15, 0.2) is 0 Å². The summed E-state index contributed by atoms with van der Waals surface area (Å²) in [5, 5.41) is 3.96. The molecule has 0 aliphatic carbocycles. The van der Waals surface area contributed by atoms with Gasteiger partial charge in [-0.15, -0.1) is 0 Å². The number of carbonyl (C=O) groups is 1. The van der Waals surface area contributed by atoms with Crippen LogP contribution in [0.5, 0.6) is 5.75 Å². The van der Waals surface area contributed by atoms with E-state index in [9.17, 15) is 4.79 Å². The minimum atomic E-state index is -0.330. The fourth-order valence-corrected chi connectivity index (χ4v) is 2.98. The standard InChI is InChI=1S/C20H20N4O4/c25-20(27-17-4-2-1-3-5-17)24-12-8-16(9-13-24)26-14-18-22-19(23-28-18)15-6-10-21-11-7-15/h1-7,10-11,16H,8-9,12-14H2. The largest absolute Gasteiger partial charge is 0.415 e. The van der Waals surface area contributed by atoms with Crippen molar-refractivity contribution in [2.75, 3.05) is 13.1 Å². The molecule has 1 aromatic carbocycles. The summed E-state index contributed by atoms with van der Waals surface area (Å²) >= 11 is 0. The molecular formula is C20H20N4O4. The molecular weight excluding hydrogens is 360 g/mol. The smallest absolute Gasteiger partial charge is 0.410 e. The van der Waals surface area contributed by atoms with Crippen molar-refractivity contribution < 1.29 is 18.8 Å². The van der Waals surface area contributed by atoms with Crippen molar-refractivity contribution in [3.8, 4) is 17.1 Å². The lowest BCUT2D eigenvalue weighted by molar-refractivity contribution is -0.00891. The molecule has 1 amide bonds. The number of pyridine rings is 1. The van der Waals surface area contributed by atoms with E-state index in [2.05, 4.69) is 15.1 Å². The maximum atomic E-state index is 12.2. The molecule has 4 rings (SSSR count). The minimum Gasteiger partial charge on any atom is -0.410 e. The van der Waals surface area contributed by atoms with Crippen LogP contribution in [0.25, 0.3) is 11.4 Å². The van der Waals surface area contributed by atoms with Crippen LogP contribution >= 0.6 is 0 Å². The Balaban J connectivity index is 1.23. The van der Waals surface area contributed by atoms with Crippen molar-refractivity contribution in [2.45, 2.75) is 25.6 Å². The number of rotatable bonds is 5. The predicted molar refractivity (Wildman–Crippen MR) is 99.4 cm³/mol. The topological polar surface area (TPSA) is 90.6 Å². The Morgan fingerprint density at radius 2 is 1.86 bits per heavy atom. The molecule has 3 aromatic rings. The number of hydrogen-bond donors (Lipinski definition) is 0. The zero-order valence-corrected chi connectivity index (χ0v) is 15.2. The third kappa shape index (κ3) is 4.52. The molecule has 8 heteroatoms. The molecule has 0 atom stereocenters. The Labute approximate surface area is 162 Å². The molecule has 3 heterocycles. The van der Waals surface area contributed by atoms with Gasteiger partial charge in [0.1, 0.15) is 12.4 Å². The predicted octanol–water partition coefficient (Wildman–Crippen LogP) is 3.31. The van der Waals surface area contributed by atoms with Gasteiger partial charge in [0.2, 0.25) is 5.82 Å². The fraction of sp³-hybridized carbons (Fsp3) is 0.300. The van der Waals surface area contributed by atoms with Crippen molar-refractivity contribution in [3.05, 3.63) is 60.7 Å². The zero-order valence-electron chi connectivity index (χ0n) is 15.2. The Morgan fingerprint density at radius 3 is 2.61 bits per heavy atom. The summed E-state index contributed by atoms with van der Waals surface area (Å²) in [6.45, 7) is 1.42. The van der Waals surface area contributed by atoms with Gasteiger partial charge in [-0.2, -0.15) is 4.98 Å². The highest BCUT2D eigenvalue weighted by molar-refractivity contribution is 5.70. The van der Waals surface area contributed by atoms with E-state index >= 15 is 0 Å². The van der Waals surface area contributed by atoms with Crippen LogP contribution in [0.2, 0.25) is 0 Å². The lowest BCUT2D eigenvalue weighted by Gasteiger charge is -2.30. The number of piperidine rings is 1. The average Bonchev–Trinajstić information content (AvgIpc) is 3.23. The first kappa shape index (κ1) is 18.1. The number of para-hydroxylation sites is 1. The molecule has 0 radical (unpaired) electrons. The Bertz CT molecular complexity index is 893. The van der Waals surface area contributed by atoms with Crippen LogP contribution in [0.15, 0.2) is 59.4 Å². The summed E-state index contributed by atoms with van der Waals surface area (Å²) < 4.78 is 16.5. The lowest BCUT2D eigenvalue weighted by atomic mass is 10.1. The minimum absolute atomic E-state index is 0.0389. The second-order valence-electron chi connectivity index (χ2n) is 6.43. The van der Waals surface area contributed by atoms with Gasteiger partial charge >= 0.3 is 6.09 Å². The zero-order chi connectivity index (χ0) is 19.2. The van der Waals surface area contributed by atoms with E-state index in [4.69, 9.17) is 14.0 Å². The molecule has 0 bridgehead atoms. The molecule has 1 aliphatic rings. The van der Waals surface area contributed by atoms with E-state index in [0.717, 1.165) is 18.4 Å². The average molecular weight is 380 g/mol. The third-order valence-corrected chi connectivity index (χ3v) is 4.50. The third-order valence-electron chi connectivity index (χ3n) is 4.50. The number of carbonyl (C=O) groups excluding carboxylic acids is 1. The molecule has 144 valence electrons. The molecule has 0 saturated carbocycles. The van der Waals surface area contributed by atoms with E-state index in [0.29, 0.717) is 30.6 Å². The van der Waals surface area contributed by atoms with E-state index in [1.807, 2.05) is 30.3 Å². The summed E-state index contributed by atoms with van der Waals surface area (Å²) in [6, 6.07) is 12.7. The maximum Gasteiger partial charge on any atom is 0.415 e. The van der Waals surface area contributed by atoms with E-state index in [-0.39, 0.29) is 18.8 Å². The molecule has 28 heavy (non-hydrogen) atoms. The quantitative estimate of drug-likeness (QED) is 0.671. The van der Waals surface area contributed by atoms with Crippen molar-refractivity contribution >= 4 is 6.09 Å². The highest BCUT2D eigenvalue weighted by Crippen LogP contribution is 2.19. The van der Waals surface area contributed by atoms with Gasteiger partial charge in [-0.25, -0.2) is 4.79 Å². The van der Waals surface area contributed by atoms with Crippen molar-refractivity contribution in [1.82, 2.24) is 20.0 Å². The van der Waals surface area contributed by atoms with Gasteiger partial charge in [0, 0.05) is 31.0 Å². The van der Waals surface area contributed by atoms with Gasteiger partial charge in [0.05, 0.1) is 6.10 Å². The number of aromatic nitrogens is 3. The van der Waals surface area contributed by atoms with E-state index in [1.165, 1.54) is 0 Å². The summed E-state index contributed by atoms with van der Waals surface area (Å²) in [6.07, 6.45) is 4.53. The molecule has 1 aliphatic heterocycles. The van der Waals surface area contributed by atoms with Crippen molar-refractivity contribution in [1.29, 1.82) is 0 Å². The van der Waals surface area contributed by atoms with Crippen LogP contribution in [-0.2, 0) is 11.3 Å². The Kier molecular flexibility index (Phi) is 5.58. The maximum absolute atomic E-state index is 12.2. The van der Waals surface area contributed by atoms with Crippen molar-refractivity contribution in [3.63, 3.8) is 0 Å². The number of nitrogens with zero attached hydrogens (tertiary/aromatic N) is 4. The highest BCUT2D eigenvalue weighted by atomic mass is 16.6. The van der Waals surface area contributed by atoms with Crippen LogP contribution in [0.1, 0.15) is 18.7 Å². The number of likely N-dealkylation sites (tertiary alicyclic amines) is 1. The lowest BCUT2D eigenvalue weighted by Crippen LogP contribution is -2.42. The highest BCUT2D eigenvalue weighted by Gasteiger charge is 2.25. The summed E-state index contributed by atoms with van der Waals surface area (Å²) in [4.78, 5) is 22.2. The number of ether oxygens (including phenoxy) is 2. The molecule has 0 spiro atoms. The molecule has 1 fully saturated rings. The Morgan fingerprint density at radius 1 is 1.11 bits per heavy atom. The van der Waals surface area contributed by atoms with Gasteiger partial charge < -0.3 is 18.9 Å². The first-order valence-electron chi connectivity index (χ1n) is 9.14. The van der Waals surface area contributed by atoms with Gasteiger partial charge in [0.25, 0.3) is 5.89 Å². The molecule has 0 unspecified atom stereocenters. The van der Waals surface area contributed by atoms with Crippen LogP contribution in [0.4, 0.5) is 4.79 Å². The summed E-state index contributed by atoms with van der Waals surface area (Å²) in [5.74, 6) is 1.49. The first-order valence-corrected chi connectivity index (χ1v) is 9.14. The van der Waals surface area contributed by atoms with Gasteiger partial charge in [-0.1, -0.05) is 23.4 Å². The number of benzene rings is 1. The monoisotopic (exact) mass is 380 g/mol. The van der Waals surface area contributed by atoms with Crippen LogP contribution in [0.3, 0.4) is 0 Å². The van der Waals surface area contributed by atoms with Crippen molar-refractivity contribution in [2.24, 2.45) is 0 Å². The normalized spacial score (nSPS) is 14.8. The number of hydrogen-bond acceptors (Lipinski definition) is 7. The van der Waals surface area contributed by atoms with E-state index < -0.39 is 0 Å². The van der Waals surface area contributed by atoms with Gasteiger partial charge in [-0.05, 0) is 37.1 Å². The second kappa shape index (κ2) is 8.62. The molecule has 1 saturated heterocycles. The molecule has 0 N–H and O–H groups in total. The summed E-state index contributed by atoms with van der Waals surface area (Å²) in [7, 11) is 0. The molecule has 8 nitrogen and oxygen atoms in total. The van der Waals surface area contributed by atoms with E-state index in [1.54, 1.807) is 29.4 Å². The fourth-order valence-electron chi connectivity index (χ4n) is 2.98. The van der Waals surface area contributed by atoms with Gasteiger partial charge in [-0.3, -0.25) is 4.98 Å². The first-order chi connectivity index (χ1) is 13.8. The summed E-state index contributed by atoms with van der Waals surface area (Å²) in [5.41, 5.74) is 0.843. The van der Waals surface area contributed by atoms with Crippen LogP contribution in [0, 0.1) is 0 Å². The van der Waals surface area contributed by atoms with Crippen LogP contribution < -0.4 is 4.74 Å². The Hall–Kier alpha value is -3.26. The second-order valence-corrected chi connectivity index (χ2v) is 6.43. The number of amides is 1. The SMILES string of the molecule is O=C(Oc1ccccc1)N1CCC(OCc2nc(-c3ccncc3)no2)CC1. The van der Waals surface area contributed by atoms with Crippen LogP contribution in [-0.4, -0.2) is 45.3 Å².